The molecule has 2 nitrogen and oxygen atoms in total. The van der Waals surface area contributed by atoms with Crippen molar-refractivity contribution in [3.63, 3.8) is 0 Å². The van der Waals surface area contributed by atoms with Crippen molar-refractivity contribution < 1.29 is 0 Å². The van der Waals surface area contributed by atoms with Crippen LogP contribution in [0, 0.1) is 0 Å². The van der Waals surface area contributed by atoms with Crippen molar-refractivity contribution in [2.75, 3.05) is 0 Å². The molecule has 3 heteroatoms. The maximum atomic E-state index is 11.7. The molecule has 0 saturated carbocycles. The van der Waals surface area contributed by atoms with E-state index in [1.165, 1.54) is 5.56 Å². The fourth-order valence-corrected chi connectivity index (χ4v) is 2.91. The highest BCUT2D eigenvalue weighted by Crippen LogP contribution is 2.32. The minimum absolute atomic E-state index is 0.109. The zero-order valence-corrected chi connectivity index (χ0v) is 9.91. The smallest absolute Gasteiger partial charge is 0.189 e. The second kappa shape index (κ2) is 2.95. The number of aromatic nitrogens is 1. The Labute approximate surface area is 95.7 Å². The number of benzene rings is 1. The van der Waals surface area contributed by atoms with Crippen LogP contribution in [0.1, 0.15) is 18.5 Å². The van der Waals surface area contributed by atoms with E-state index in [0.29, 0.717) is 6.04 Å². The summed E-state index contributed by atoms with van der Waals surface area (Å²) in [5.41, 5.74) is 2.49. The molecule has 2 aromatic rings. The van der Waals surface area contributed by atoms with E-state index in [0.717, 1.165) is 21.8 Å². The Morgan fingerprint density at radius 1 is 1.47 bits per heavy atom. The minimum atomic E-state index is 0.109. The van der Waals surface area contributed by atoms with Gasteiger partial charge in [-0.2, -0.15) is 0 Å². The lowest BCUT2D eigenvalue weighted by Gasteiger charge is -2.08. The van der Waals surface area contributed by atoms with Crippen LogP contribution in [-0.2, 0) is 6.42 Å². The first-order chi connectivity index (χ1) is 7.16. The minimum Gasteiger partial charge on any atom is -0.344 e. The third kappa shape index (κ3) is 1.19. The summed E-state index contributed by atoms with van der Waals surface area (Å²) in [5, 5.41) is 0.825. The Morgan fingerprint density at radius 3 is 3.07 bits per heavy atom. The molecule has 2 heterocycles. The molecule has 0 amide bonds. The molecular weight excluding hydrogens is 254 g/mol. The van der Waals surface area contributed by atoms with Gasteiger partial charge in [-0.15, -0.1) is 0 Å². The highest BCUT2D eigenvalue weighted by molar-refractivity contribution is 9.10. The Bertz CT molecular complexity index is 615. The third-order valence-electron chi connectivity index (χ3n) is 3.05. The van der Waals surface area contributed by atoms with Crippen LogP contribution in [0.15, 0.2) is 33.7 Å². The lowest BCUT2D eigenvalue weighted by molar-refractivity contribution is 0.594. The number of hydrogen-bond acceptors (Lipinski definition) is 1. The number of hydrogen-bond donors (Lipinski definition) is 0. The van der Waals surface area contributed by atoms with Crippen LogP contribution in [-0.4, -0.2) is 4.57 Å². The monoisotopic (exact) mass is 263 g/mol. The van der Waals surface area contributed by atoms with Crippen molar-refractivity contribution in [1.29, 1.82) is 0 Å². The van der Waals surface area contributed by atoms with Gasteiger partial charge in [0.05, 0.1) is 5.52 Å². The molecule has 0 radical (unpaired) electrons. The first-order valence-corrected chi connectivity index (χ1v) is 5.79. The molecule has 1 aliphatic rings. The summed E-state index contributed by atoms with van der Waals surface area (Å²) in [7, 11) is 0. The molecule has 0 saturated heterocycles. The van der Waals surface area contributed by atoms with Crippen molar-refractivity contribution in [2.24, 2.45) is 0 Å². The first kappa shape index (κ1) is 9.16. The molecule has 0 bridgehead atoms. The molecule has 1 aromatic heterocycles. The molecule has 3 rings (SSSR count). The van der Waals surface area contributed by atoms with E-state index in [1.54, 1.807) is 6.07 Å². The highest BCUT2D eigenvalue weighted by Gasteiger charge is 2.20. The average Bonchev–Trinajstić information content (AvgIpc) is 2.49. The summed E-state index contributed by atoms with van der Waals surface area (Å²) in [4.78, 5) is 11.7. The number of pyridine rings is 1. The fourth-order valence-electron chi connectivity index (χ4n) is 2.40. The van der Waals surface area contributed by atoms with Gasteiger partial charge in [0.15, 0.2) is 5.43 Å². The SMILES string of the molecule is C[C@H]1Cc2cc(Br)cc3c(=O)ccn1c23. The summed E-state index contributed by atoms with van der Waals surface area (Å²) in [6.07, 6.45) is 2.92. The van der Waals surface area contributed by atoms with Crippen LogP contribution in [0.3, 0.4) is 0 Å². The van der Waals surface area contributed by atoms with Crippen molar-refractivity contribution >= 4 is 26.8 Å². The lowest BCUT2D eigenvalue weighted by atomic mass is 10.1. The summed E-state index contributed by atoms with van der Waals surface area (Å²) in [5.74, 6) is 0. The highest BCUT2D eigenvalue weighted by atomic mass is 79.9. The number of rotatable bonds is 0. The van der Waals surface area contributed by atoms with Crippen molar-refractivity contribution in [3.8, 4) is 0 Å². The Balaban J connectivity index is 2.57. The van der Waals surface area contributed by atoms with Gasteiger partial charge >= 0.3 is 0 Å². The number of nitrogens with zero attached hydrogens (tertiary/aromatic N) is 1. The van der Waals surface area contributed by atoms with Crippen LogP contribution < -0.4 is 5.43 Å². The predicted octanol–water partition coefficient (Wildman–Crippen LogP) is 2.88. The molecule has 1 aromatic carbocycles. The van der Waals surface area contributed by atoms with Gasteiger partial charge in [-0.25, -0.2) is 0 Å². The topological polar surface area (TPSA) is 22.0 Å². The predicted molar refractivity (Wildman–Crippen MR) is 64.3 cm³/mol. The molecular formula is C12H10BrNO. The Hall–Kier alpha value is -1.09. The van der Waals surface area contributed by atoms with Crippen LogP contribution in [0.25, 0.3) is 10.9 Å². The average molecular weight is 264 g/mol. The lowest BCUT2D eigenvalue weighted by Crippen LogP contribution is -2.06. The fraction of sp³-hybridized carbons (Fsp3) is 0.250. The van der Waals surface area contributed by atoms with E-state index in [-0.39, 0.29) is 5.43 Å². The molecule has 0 fully saturated rings. The molecule has 15 heavy (non-hydrogen) atoms. The summed E-state index contributed by atoms with van der Waals surface area (Å²) in [6, 6.07) is 6.13. The molecule has 0 unspecified atom stereocenters. The zero-order chi connectivity index (χ0) is 10.6. The zero-order valence-electron chi connectivity index (χ0n) is 8.33. The maximum Gasteiger partial charge on any atom is 0.189 e. The van der Waals surface area contributed by atoms with E-state index in [2.05, 4.69) is 33.5 Å². The number of halogens is 1. The van der Waals surface area contributed by atoms with E-state index < -0.39 is 0 Å². The summed E-state index contributed by atoms with van der Waals surface area (Å²) in [6.45, 7) is 2.18. The summed E-state index contributed by atoms with van der Waals surface area (Å²) < 4.78 is 3.19. The Morgan fingerprint density at radius 2 is 2.27 bits per heavy atom. The van der Waals surface area contributed by atoms with Crippen molar-refractivity contribution in [2.45, 2.75) is 19.4 Å². The van der Waals surface area contributed by atoms with Crippen molar-refractivity contribution in [1.82, 2.24) is 4.57 Å². The third-order valence-corrected chi connectivity index (χ3v) is 3.51. The van der Waals surface area contributed by atoms with E-state index in [4.69, 9.17) is 0 Å². The van der Waals surface area contributed by atoms with E-state index in [9.17, 15) is 4.79 Å². The molecule has 0 aliphatic carbocycles. The first-order valence-electron chi connectivity index (χ1n) is 5.00. The summed E-state index contributed by atoms with van der Waals surface area (Å²) >= 11 is 3.45. The normalized spacial score (nSPS) is 18.7. The van der Waals surface area contributed by atoms with Gasteiger partial charge in [-0.3, -0.25) is 4.79 Å². The van der Waals surface area contributed by atoms with Crippen LogP contribution in [0.2, 0.25) is 0 Å². The van der Waals surface area contributed by atoms with Gasteiger partial charge in [0, 0.05) is 28.2 Å². The largest absolute Gasteiger partial charge is 0.344 e. The van der Waals surface area contributed by atoms with Gasteiger partial charge in [-0.05, 0) is 31.0 Å². The molecule has 0 spiro atoms. The van der Waals surface area contributed by atoms with Gasteiger partial charge in [0.25, 0.3) is 0 Å². The molecule has 1 atom stereocenters. The standard InChI is InChI=1S/C12H10BrNO/c1-7-4-8-5-9(13)6-10-11(15)2-3-14(7)12(8)10/h2-3,5-7H,4H2,1H3/t7-/m0/s1. The van der Waals surface area contributed by atoms with Gasteiger partial charge in [0.2, 0.25) is 0 Å². The van der Waals surface area contributed by atoms with Crippen LogP contribution >= 0.6 is 15.9 Å². The van der Waals surface area contributed by atoms with Gasteiger partial charge < -0.3 is 4.57 Å². The molecule has 0 N–H and O–H groups in total. The maximum absolute atomic E-state index is 11.7. The van der Waals surface area contributed by atoms with E-state index >= 15 is 0 Å². The molecule has 1 aliphatic heterocycles. The van der Waals surface area contributed by atoms with Crippen molar-refractivity contribution in [3.05, 3.63) is 44.7 Å². The van der Waals surface area contributed by atoms with Crippen LogP contribution in [0.4, 0.5) is 0 Å². The van der Waals surface area contributed by atoms with Gasteiger partial charge in [-0.1, -0.05) is 15.9 Å². The van der Waals surface area contributed by atoms with Gasteiger partial charge in [0.1, 0.15) is 0 Å². The van der Waals surface area contributed by atoms with E-state index in [1.807, 2.05) is 12.3 Å². The second-order valence-corrected chi connectivity index (χ2v) is 5.02. The quantitative estimate of drug-likeness (QED) is 0.717. The second-order valence-electron chi connectivity index (χ2n) is 4.10. The van der Waals surface area contributed by atoms with Crippen LogP contribution in [0.5, 0.6) is 0 Å². The Kier molecular flexibility index (Phi) is 1.80. The molecule has 76 valence electrons.